The predicted octanol–water partition coefficient (Wildman–Crippen LogP) is 2.59. The molecule has 0 unspecified atom stereocenters. The van der Waals surface area contributed by atoms with Crippen molar-refractivity contribution in [2.75, 3.05) is 0 Å². The maximum atomic E-state index is 11.8. The first-order valence-corrected chi connectivity index (χ1v) is 3.75. The molecule has 0 spiro atoms. The normalized spacial score (nSPS) is 12.0. The van der Waals surface area contributed by atoms with Crippen LogP contribution >= 0.6 is 15.9 Å². The molecule has 1 aromatic heterocycles. The van der Waals surface area contributed by atoms with Gasteiger partial charge in [0.05, 0.1) is 5.33 Å². The van der Waals surface area contributed by atoms with Gasteiger partial charge in [0, 0.05) is 6.07 Å². The maximum absolute atomic E-state index is 11.8. The molecule has 1 aromatic rings. The van der Waals surface area contributed by atoms with Crippen LogP contribution in [0.2, 0.25) is 0 Å². The summed E-state index contributed by atoms with van der Waals surface area (Å²) in [6.07, 6.45) is -4.41. The lowest BCUT2D eigenvalue weighted by Gasteiger charge is -1.97. The van der Waals surface area contributed by atoms with Gasteiger partial charge < -0.3 is 4.52 Å². The van der Waals surface area contributed by atoms with Crippen LogP contribution in [0.1, 0.15) is 11.5 Å². The van der Waals surface area contributed by atoms with E-state index in [0.717, 1.165) is 6.07 Å². The second-order valence-corrected chi connectivity index (χ2v) is 2.37. The Morgan fingerprint density at radius 1 is 1.55 bits per heavy atom. The van der Waals surface area contributed by atoms with Gasteiger partial charge in [-0.1, -0.05) is 21.1 Å². The Morgan fingerprint density at radius 3 is 2.45 bits per heavy atom. The van der Waals surface area contributed by atoms with E-state index in [4.69, 9.17) is 0 Å². The van der Waals surface area contributed by atoms with Crippen molar-refractivity contribution < 1.29 is 17.7 Å². The molecular weight excluding hydrogens is 227 g/mol. The Morgan fingerprint density at radius 2 is 2.18 bits per heavy atom. The zero-order valence-corrected chi connectivity index (χ0v) is 6.74. The molecule has 0 radical (unpaired) electrons. The Labute approximate surface area is 68.5 Å². The third-order valence-corrected chi connectivity index (χ3v) is 1.53. The summed E-state index contributed by atoms with van der Waals surface area (Å²) >= 11 is 2.94. The topological polar surface area (TPSA) is 26.0 Å². The van der Waals surface area contributed by atoms with Crippen LogP contribution in [0.3, 0.4) is 0 Å². The van der Waals surface area contributed by atoms with E-state index in [1.165, 1.54) is 0 Å². The molecule has 0 bridgehead atoms. The van der Waals surface area contributed by atoms with Gasteiger partial charge in [0.25, 0.3) is 0 Å². The van der Waals surface area contributed by atoms with Crippen LogP contribution in [0.25, 0.3) is 0 Å². The molecular formula is C5H3BrF3NO. The van der Waals surface area contributed by atoms with E-state index in [0.29, 0.717) is 0 Å². The van der Waals surface area contributed by atoms with Crippen LogP contribution < -0.4 is 0 Å². The van der Waals surface area contributed by atoms with Crippen LogP contribution in [-0.2, 0) is 11.5 Å². The molecule has 2 nitrogen and oxygen atoms in total. The van der Waals surface area contributed by atoms with Crippen LogP contribution in [0.15, 0.2) is 10.6 Å². The summed E-state index contributed by atoms with van der Waals surface area (Å²) in [4.78, 5) is 0. The van der Waals surface area contributed by atoms with Crippen LogP contribution in [-0.4, -0.2) is 5.16 Å². The molecule has 1 heterocycles. The van der Waals surface area contributed by atoms with Gasteiger partial charge in [-0.2, -0.15) is 13.2 Å². The van der Waals surface area contributed by atoms with Crippen molar-refractivity contribution in [2.24, 2.45) is 0 Å². The van der Waals surface area contributed by atoms with E-state index in [9.17, 15) is 13.2 Å². The number of aromatic nitrogens is 1. The molecule has 0 saturated carbocycles. The van der Waals surface area contributed by atoms with Crippen molar-refractivity contribution in [2.45, 2.75) is 11.5 Å². The highest BCUT2D eigenvalue weighted by molar-refractivity contribution is 9.08. The molecule has 1 rings (SSSR count). The van der Waals surface area contributed by atoms with E-state index in [2.05, 4.69) is 25.6 Å². The van der Waals surface area contributed by atoms with Gasteiger partial charge in [-0.3, -0.25) is 0 Å². The van der Waals surface area contributed by atoms with E-state index in [-0.39, 0.29) is 11.1 Å². The average molecular weight is 230 g/mol. The lowest BCUT2D eigenvalue weighted by atomic mass is 10.4. The van der Waals surface area contributed by atoms with E-state index in [1.807, 2.05) is 0 Å². The maximum Gasteiger partial charge on any atom is 0.436 e. The molecule has 0 N–H and O–H groups in total. The minimum absolute atomic E-state index is 0.164. The molecule has 0 aliphatic rings. The molecule has 0 aliphatic carbocycles. The Bertz CT molecular complexity index is 244. The van der Waals surface area contributed by atoms with Gasteiger partial charge >= 0.3 is 6.18 Å². The second-order valence-electron chi connectivity index (χ2n) is 1.81. The summed E-state index contributed by atoms with van der Waals surface area (Å²) in [5, 5.41) is 3.06. The highest BCUT2D eigenvalue weighted by atomic mass is 79.9. The van der Waals surface area contributed by atoms with Crippen LogP contribution in [0, 0.1) is 0 Å². The predicted molar refractivity (Wildman–Crippen MR) is 34.1 cm³/mol. The summed E-state index contributed by atoms with van der Waals surface area (Å²) < 4.78 is 39.7. The largest absolute Gasteiger partial charge is 0.436 e. The van der Waals surface area contributed by atoms with Crippen molar-refractivity contribution in [1.29, 1.82) is 0 Å². The smallest absolute Gasteiger partial charge is 0.360 e. The highest BCUT2D eigenvalue weighted by Crippen LogP contribution is 2.28. The molecule has 0 atom stereocenters. The molecule has 11 heavy (non-hydrogen) atoms. The molecule has 6 heteroatoms. The van der Waals surface area contributed by atoms with Crippen LogP contribution in [0.5, 0.6) is 0 Å². The number of hydrogen-bond donors (Lipinski definition) is 0. The molecule has 0 amide bonds. The van der Waals surface area contributed by atoms with Gasteiger partial charge in [0.1, 0.15) is 5.76 Å². The number of rotatable bonds is 1. The fourth-order valence-corrected chi connectivity index (χ4v) is 0.774. The SMILES string of the molecule is FC(F)(F)c1cc(CBr)on1. The third kappa shape index (κ3) is 1.95. The quantitative estimate of drug-likeness (QED) is 0.693. The van der Waals surface area contributed by atoms with E-state index < -0.39 is 11.9 Å². The second kappa shape index (κ2) is 2.84. The third-order valence-electron chi connectivity index (χ3n) is 0.981. The Hall–Kier alpha value is -0.520. The highest BCUT2D eigenvalue weighted by Gasteiger charge is 2.34. The van der Waals surface area contributed by atoms with Crippen molar-refractivity contribution in [3.8, 4) is 0 Å². The van der Waals surface area contributed by atoms with Gasteiger partial charge in [-0.25, -0.2) is 0 Å². The molecule has 0 aromatic carbocycles. The monoisotopic (exact) mass is 229 g/mol. The molecule has 0 fully saturated rings. The minimum Gasteiger partial charge on any atom is -0.360 e. The van der Waals surface area contributed by atoms with Crippen molar-refractivity contribution in [1.82, 2.24) is 5.16 Å². The summed E-state index contributed by atoms with van der Waals surface area (Å²) in [5.41, 5.74) is -0.994. The zero-order chi connectivity index (χ0) is 8.48. The number of halogens is 4. The average Bonchev–Trinajstić information content (AvgIpc) is 2.32. The summed E-state index contributed by atoms with van der Waals surface area (Å²) in [5.74, 6) is 0.164. The van der Waals surface area contributed by atoms with Crippen molar-refractivity contribution in [3.63, 3.8) is 0 Å². The lowest BCUT2D eigenvalue weighted by molar-refractivity contribution is -0.142. The summed E-state index contributed by atoms with van der Waals surface area (Å²) in [7, 11) is 0. The standard InChI is InChI=1S/C5H3BrF3NO/c6-2-3-1-4(10-11-3)5(7,8)9/h1H,2H2. The molecule has 0 saturated heterocycles. The zero-order valence-electron chi connectivity index (χ0n) is 5.15. The van der Waals surface area contributed by atoms with Gasteiger partial charge in [0.2, 0.25) is 0 Å². The fourth-order valence-electron chi connectivity index (χ4n) is 0.510. The van der Waals surface area contributed by atoms with Gasteiger partial charge in [0.15, 0.2) is 5.69 Å². The van der Waals surface area contributed by atoms with E-state index in [1.54, 1.807) is 0 Å². The number of nitrogens with zero attached hydrogens (tertiary/aromatic N) is 1. The van der Waals surface area contributed by atoms with E-state index >= 15 is 0 Å². The Kier molecular flexibility index (Phi) is 2.22. The van der Waals surface area contributed by atoms with Crippen molar-refractivity contribution >= 4 is 15.9 Å². The first-order chi connectivity index (χ1) is 5.04. The first-order valence-electron chi connectivity index (χ1n) is 2.63. The van der Waals surface area contributed by atoms with Crippen LogP contribution in [0.4, 0.5) is 13.2 Å². The van der Waals surface area contributed by atoms with Crippen molar-refractivity contribution in [3.05, 3.63) is 17.5 Å². The van der Waals surface area contributed by atoms with Gasteiger partial charge in [-0.05, 0) is 0 Å². The molecule has 0 aliphatic heterocycles. The fraction of sp³-hybridized carbons (Fsp3) is 0.400. The summed E-state index contributed by atoms with van der Waals surface area (Å²) in [6.45, 7) is 0. The Balaban J connectivity index is 2.89. The minimum atomic E-state index is -4.41. The van der Waals surface area contributed by atoms with Gasteiger partial charge in [-0.15, -0.1) is 0 Å². The number of hydrogen-bond acceptors (Lipinski definition) is 2. The number of alkyl halides is 4. The lowest BCUT2D eigenvalue weighted by Crippen LogP contribution is -2.04. The summed E-state index contributed by atoms with van der Waals surface area (Å²) in [6, 6.07) is 0.856. The molecule has 62 valence electrons. The first kappa shape index (κ1) is 8.58.